The highest BCUT2D eigenvalue weighted by atomic mass is 35.5. The van der Waals surface area contributed by atoms with E-state index in [9.17, 15) is 0 Å². The number of hydrogen-bond acceptors (Lipinski definition) is 1. The van der Waals surface area contributed by atoms with E-state index in [4.69, 9.17) is 0 Å². The summed E-state index contributed by atoms with van der Waals surface area (Å²) < 4.78 is 0. The molecule has 0 aliphatic heterocycles. The molecule has 2 rings (SSSR count). The van der Waals surface area contributed by atoms with Crippen LogP contribution in [0.2, 0.25) is 0 Å². The van der Waals surface area contributed by atoms with E-state index in [2.05, 4.69) is 49.3 Å². The van der Waals surface area contributed by atoms with Crippen LogP contribution in [0.1, 0.15) is 31.2 Å². The molecular formula is C14H22ClN. The van der Waals surface area contributed by atoms with Crippen molar-refractivity contribution in [3.05, 3.63) is 35.9 Å². The van der Waals surface area contributed by atoms with Crippen molar-refractivity contribution in [2.75, 3.05) is 20.6 Å². The van der Waals surface area contributed by atoms with Crippen LogP contribution in [0.15, 0.2) is 30.3 Å². The van der Waals surface area contributed by atoms with Crippen molar-refractivity contribution in [1.29, 1.82) is 0 Å². The number of nitrogens with zero attached hydrogens (tertiary/aromatic N) is 1. The lowest BCUT2D eigenvalue weighted by molar-refractivity contribution is 0.284. The summed E-state index contributed by atoms with van der Waals surface area (Å²) in [6.07, 6.45) is 5.50. The SMILES string of the molecule is CN(C)CC1(c2ccccc2)CCCC1.Cl. The maximum Gasteiger partial charge on any atom is 0.00800 e. The van der Waals surface area contributed by atoms with Crippen molar-refractivity contribution in [3.8, 4) is 0 Å². The minimum atomic E-state index is 0. The predicted octanol–water partition coefficient (Wildman–Crippen LogP) is 3.48. The fourth-order valence-electron chi connectivity index (χ4n) is 2.99. The molecule has 0 aromatic heterocycles. The minimum absolute atomic E-state index is 0. The predicted molar refractivity (Wildman–Crippen MR) is 72.4 cm³/mol. The van der Waals surface area contributed by atoms with Crippen molar-refractivity contribution in [3.63, 3.8) is 0 Å². The summed E-state index contributed by atoms with van der Waals surface area (Å²) in [6.45, 7) is 1.19. The highest BCUT2D eigenvalue weighted by molar-refractivity contribution is 5.85. The summed E-state index contributed by atoms with van der Waals surface area (Å²) in [5.41, 5.74) is 1.97. The topological polar surface area (TPSA) is 3.24 Å². The molecule has 0 unspecified atom stereocenters. The average Bonchev–Trinajstić information content (AvgIpc) is 2.68. The highest BCUT2D eigenvalue weighted by Gasteiger charge is 2.35. The van der Waals surface area contributed by atoms with E-state index in [0.29, 0.717) is 5.41 Å². The zero-order valence-corrected chi connectivity index (χ0v) is 11.1. The molecule has 1 aliphatic carbocycles. The fourth-order valence-corrected chi connectivity index (χ4v) is 2.99. The Morgan fingerprint density at radius 3 is 2.12 bits per heavy atom. The number of benzene rings is 1. The Hall–Kier alpha value is -0.530. The van der Waals surface area contributed by atoms with E-state index in [-0.39, 0.29) is 12.4 Å². The maximum absolute atomic E-state index is 2.33. The first-order valence-electron chi connectivity index (χ1n) is 5.93. The van der Waals surface area contributed by atoms with E-state index in [1.165, 1.54) is 37.8 Å². The molecule has 1 nitrogen and oxygen atoms in total. The van der Waals surface area contributed by atoms with E-state index < -0.39 is 0 Å². The molecule has 1 fully saturated rings. The van der Waals surface area contributed by atoms with Crippen LogP contribution in [0.5, 0.6) is 0 Å². The smallest absolute Gasteiger partial charge is 0.00800 e. The highest BCUT2D eigenvalue weighted by Crippen LogP contribution is 2.41. The third kappa shape index (κ3) is 2.78. The largest absolute Gasteiger partial charge is 0.309 e. The lowest BCUT2D eigenvalue weighted by Crippen LogP contribution is -2.35. The second-order valence-corrected chi connectivity index (χ2v) is 5.09. The molecule has 1 aromatic carbocycles. The van der Waals surface area contributed by atoms with Crippen LogP contribution in [0.4, 0.5) is 0 Å². The third-order valence-corrected chi connectivity index (χ3v) is 3.57. The van der Waals surface area contributed by atoms with Gasteiger partial charge in [-0.05, 0) is 32.5 Å². The fraction of sp³-hybridized carbons (Fsp3) is 0.571. The van der Waals surface area contributed by atoms with Gasteiger partial charge in [-0.3, -0.25) is 0 Å². The van der Waals surface area contributed by atoms with Gasteiger partial charge in [-0.1, -0.05) is 43.2 Å². The van der Waals surface area contributed by atoms with Crippen LogP contribution in [0, 0.1) is 0 Å². The molecule has 0 saturated heterocycles. The first-order valence-corrected chi connectivity index (χ1v) is 5.93. The standard InChI is InChI=1S/C14H21N.ClH/c1-15(2)12-14(10-6-7-11-14)13-8-4-3-5-9-13;/h3-5,8-9H,6-7,10-12H2,1-2H3;1H. The average molecular weight is 240 g/mol. The Kier molecular flexibility index (Phi) is 4.82. The second-order valence-electron chi connectivity index (χ2n) is 5.09. The van der Waals surface area contributed by atoms with Crippen molar-refractivity contribution < 1.29 is 0 Å². The van der Waals surface area contributed by atoms with Gasteiger partial charge in [0, 0.05) is 12.0 Å². The molecule has 2 heteroatoms. The lowest BCUT2D eigenvalue weighted by Gasteiger charge is -2.32. The van der Waals surface area contributed by atoms with Crippen molar-refractivity contribution >= 4 is 12.4 Å². The summed E-state index contributed by atoms with van der Waals surface area (Å²) in [7, 11) is 4.37. The second kappa shape index (κ2) is 5.70. The van der Waals surface area contributed by atoms with Gasteiger partial charge in [0.15, 0.2) is 0 Å². The third-order valence-electron chi connectivity index (χ3n) is 3.57. The van der Waals surface area contributed by atoms with Crippen molar-refractivity contribution in [1.82, 2.24) is 4.90 Å². The first-order chi connectivity index (χ1) is 7.23. The normalized spacial score (nSPS) is 18.4. The van der Waals surface area contributed by atoms with E-state index >= 15 is 0 Å². The van der Waals surface area contributed by atoms with Gasteiger partial charge < -0.3 is 4.90 Å². The number of hydrogen-bond donors (Lipinski definition) is 0. The molecule has 1 aliphatic rings. The molecule has 90 valence electrons. The first kappa shape index (κ1) is 13.5. The molecule has 16 heavy (non-hydrogen) atoms. The van der Waals surface area contributed by atoms with Gasteiger partial charge in [0.2, 0.25) is 0 Å². The van der Waals surface area contributed by atoms with Crippen LogP contribution >= 0.6 is 12.4 Å². The molecular weight excluding hydrogens is 218 g/mol. The minimum Gasteiger partial charge on any atom is -0.309 e. The van der Waals surface area contributed by atoms with Crippen LogP contribution in [-0.2, 0) is 5.41 Å². The maximum atomic E-state index is 2.33. The van der Waals surface area contributed by atoms with Gasteiger partial charge in [0.1, 0.15) is 0 Å². The monoisotopic (exact) mass is 239 g/mol. The molecule has 0 radical (unpaired) electrons. The van der Waals surface area contributed by atoms with Gasteiger partial charge >= 0.3 is 0 Å². The Morgan fingerprint density at radius 1 is 1.06 bits per heavy atom. The molecule has 0 amide bonds. The summed E-state index contributed by atoms with van der Waals surface area (Å²) in [6, 6.07) is 11.1. The van der Waals surface area contributed by atoms with Gasteiger partial charge in [-0.25, -0.2) is 0 Å². The van der Waals surface area contributed by atoms with Crippen molar-refractivity contribution in [2.24, 2.45) is 0 Å². The number of halogens is 1. The number of rotatable bonds is 3. The van der Waals surface area contributed by atoms with Gasteiger partial charge in [-0.2, -0.15) is 0 Å². The molecule has 0 N–H and O–H groups in total. The van der Waals surface area contributed by atoms with Crippen LogP contribution < -0.4 is 0 Å². The lowest BCUT2D eigenvalue weighted by atomic mass is 9.78. The zero-order valence-electron chi connectivity index (χ0n) is 10.3. The van der Waals surface area contributed by atoms with Crippen LogP contribution in [0.25, 0.3) is 0 Å². The Morgan fingerprint density at radius 2 is 1.62 bits per heavy atom. The van der Waals surface area contributed by atoms with E-state index in [1.54, 1.807) is 0 Å². The van der Waals surface area contributed by atoms with E-state index in [1.807, 2.05) is 0 Å². The summed E-state index contributed by atoms with van der Waals surface area (Å²) in [5, 5.41) is 0. The molecule has 0 atom stereocenters. The Bertz CT molecular complexity index is 302. The molecule has 1 saturated carbocycles. The zero-order chi connectivity index (χ0) is 10.7. The van der Waals surface area contributed by atoms with Gasteiger partial charge in [0.05, 0.1) is 0 Å². The number of likely N-dealkylation sites (N-methyl/N-ethyl adjacent to an activating group) is 1. The van der Waals surface area contributed by atoms with Gasteiger partial charge in [0.25, 0.3) is 0 Å². The molecule has 0 spiro atoms. The van der Waals surface area contributed by atoms with E-state index in [0.717, 1.165) is 0 Å². The summed E-state index contributed by atoms with van der Waals surface area (Å²) in [4.78, 5) is 2.33. The Balaban J connectivity index is 0.00000128. The summed E-state index contributed by atoms with van der Waals surface area (Å²) >= 11 is 0. The Labute approximate surface area is 105 Å². The van der Waals surface area contributed by atoms with Crippen LogP contribution in [-0.4, -0.2) is 25.5 Å². The van der Waals surface area contributed by atoms with Crippen LogP contribution in [0.3, 0.4) is 0 Å². The van der Waals surface area contributed by atoms with Crippen molar-refractivity contribution in [2.45, 2.75) is 31.1 Å². The quantitative estimate of drug-likeness (QED) is 0.781. The van der Waals surface area contributed by atoms with Gasteiger partial charge in [-0.15, -0.1) is 12.4 Å². The molecule has 1 aromatic rings. The summed E-state index contributed by atoms with van der Waals surface area (Å²) in [5.74, 6) is 0. The molecule has 0 bridgehead atoms. The molecule has 0 heterocycles.